The van der Waals surface area contributed by atoms with Crippen LogP contribution in [0, 0.1) is 18.7 Å². The number of nitrogens with zero attached hydrogens (tertiary/aromatic N) is 4. The van der Waals surface area contributed by atoms with Crippen molar-refractivity contribution in [3.8, 4) is 5.75 Å². The number of aliphatic carboxylic acids is 1. The Morgan fingerprint density at radius 3 is 2.63 bits per heavy atom. The average molecular weight is 591 g/mol. The van der Waals surface area contributed by atoms with Crippen molar-refractivity contribution in [1.29, 1.82) is 0 Å². The van der Waals surface area contributed by atoms with Crippen molar-refractivity contribution < 1.29 is 23.8 Å². The van der Waals surface area contributed by atoms with Gasteiger partial charge in [0.2, 0.25) is 5.91 Å². The van der Waals surface area contributed by atoms with Crippen LogP contribution < -0.4 is 9.64 Å². The Labute approximate surface area is 253 Å². The topological polar surface area (TPSA) is 87.9 Å². The first-order valence-electron chi connectivity index (χ1n) is 15.6. The maximum absolute atomic E-state index is 14.3. The minimum Gasteiger partial charge on any atom is -0.493 e. The van der Waals surface area contributed by atoms with E-state index in [-0.39, 0.29) is 36.3 Å². The summed E-state index contributed by atoms with van der Waals surface area (Å²) in [5.41, 5.74) is 3.25. The number of rotatable bonds is 13. The van der Waals surface area contributed by atoms with E-state index in [1.54, 1.807) is 25.3 Å². The molecule has 1 fully saturated rings. The van der Waals surface area contributed by atoms with E-state index in [1.807, 2.05) is 34.0 Å². The first kappa shape index (κ1) is 30.7. The third-order valence-corrected chi connectivity index (χ3v) is 9.02. The highest BCUT2D eigenvalue weighted by molar-refractivity contribution is 5.95. The number of hydrogen-bond acceptors (Lipinski definition) is 5. The van der Waals surface area contributed by atoms with E-state index in [0.29, 0.717) is 37.4 Å². The normalized spacial score (nSPS) is 19.9. The van der Waals surface area contributed by atoms with E-state index in [0.717, 1.165) is 49.0 Å². The molecule has 1 aromatic heterocycles. The van der Waals surface area contributed by atoms with Gasteiger partial charge in [0.25, 0.3) is 0 Å². The summed E-state index contributed by atoms with van der Waals surface area (Å²) in [7, 11) is 0. The fourth-order valence-electron chi connectivity index (χ4n) is 6.98. The number of carboxylic acids is 1. The number of carbonyl (C=O) groups excluding carboxylic acids is 1. The molecule has 0 aliphatic carbocycles. The van der Waals surface area contributed by atoms with Crippen LogP contribution in [0.25, 0.3) is 0 Å². The van der Waals surface area contributed by atoms with Crippen molar-refractivity contribution >= 4 is 17.6 Å². The smallest absolute Gasteiger partial charge is 0.308 e. The van der Waals surface area contributed by atoms with Gasteiger partial charge in [-0.1, -0.05) is 38.8 Å². The van der Waals surface area contributed by atoms with Crippen LogP contribution in [0.2, 0.25) is 0 Å². The first-order valence-corrected chi connectivity index (χ1v) is 15.6. The molecule has 0 radical (unpaired) electrons. The molecule has 0 spiro atoms. The lowest BCUT2D eigenvalue weighted by molar-refractivity contribution is -0.143. The third kappa shape index (κ3) is 6.77. The number of aryl methyl sites for hydroxylation is 2. The van der Waals surface area contributed by atoms with Crippen molar-refractivity contribution in [1.82, 2.24) is 14.7 Å². The minimum atomic E-state index is -0.858. The molecule has 1 amide bonds. The molecule has 0 saturated carbocycles. The Hall–Kier alpha value is -3.72. The molecule has 0 bridgehead atoms. The number of benzene rings is 2. The summed E-state index contributed by atoms with van der Waals surface area (Å²) < 4.78 is 21.8. The molecular formula is C34H43FN4O4. The molecule has 1 saturated heterocycles. The second kappa shape index (κ2) is 13.7. The standard InChI is InChI=1S/C34H43FN4O4/c1-4-7-26(8-5-2)39(27-10-11-29(35)23(3)19-27)32(40)22-37-21-28(24-9-12-31-25(20-24)14-18-43-31)33(34(41)42)30(37)13-17-38-16-6-15-36-38/h6,9-12,15-16,19-20,26,28,30,33H,4-5,7-8,13-14,17-18,21-22H2,1-3H3,(H,41,42)/t28-,30+,33?/m1/s1. The molecule has 2 aliphatic heterocycles. The molecule has 1 N–H and O–H groups in total. The molecule has 230 valence electrons. The summed E-state index contributed by atoms with van der Waals surface area (Å²) in [4.78, 5) is 31.2. The van der Waals surface area contributed by atoms with Crippen LogP contribution in [-0.4, -0.2) is 63.4 Å². The van der Waals surface area contributed by atoms with Crippen molar-refractivity contribution in [2.45, 2.75) is 83.8 Å². The van der Waals surface area contributed by atoms with Gasteiger partial charge in [-0.15, -0.1) is 0 Å². The SMILES string of the molecule is CCCC(CCC)N(C(=O)CN1C[C@H](c2ccc3c(c2)CCO3)C(C(=O)O)[C@@H]1CCn1cccn1)c1ccc(F)c(C)c1. The summed E-state index contributed by atoms with van der Waals surface area (Å²) >= 11 is 0. The molecule has 5 rings (SSSR count). The van der Waals surface area contributed by atoms with Gasteiger partial charge < -0.3 is 14.7 Å². The van der Waals surface area contributed by atoms with Crippen LogP contribution in [-0.2, 0) is 22.6 Å². The lowest BCUT2D eigenvalue weighted by atomic mass is 9.83. The Morgan fingerprint density at radius 2 is 1.95 bits per heavy atom. The van der Waals surface area contributed by atoms with Gasteiger partial charge in [0.1, 0.15) is 11.6 Å². The van der Waals surface area contributed by atoms with Gasteiger partial charge in [-0.05, 0) is 73.2 Å². The highest BCUT2D eigenvalue weighted by atomic mass is 19.1. The zero-order chi connectivity index (χ0) is 30.5. The summed E-state index contributed by atoms with van der Waals surface area (Å²) in [5, 5.41) is 14.9. The van der Waals surface area contributed by atoms with E-state index in [9.17, 15) is 19.1 Å². The first-order chi connectivity index (χ1) is 20.8. The van der Waals surface area contributed by atoms with E-state index < -0.39 is 11.9 Å². The Bertz CT molecular complexity index is 1410. The number of anilines is 1. The largest absolute Gasteiger partial charge is 0.493 e. The van der Waals surface area contributed by atoms with E-state index in [4.69, 9.17) is 4.74 Å². The summed E-state index contributed by atoms with van der Waals surface area (Å²) in [5.74, 6) is -1.35. The number of amides is 1. The van der Waals surface area contributed by atoms with Gasteiger partial charge in [-0.2, -0.15) is 5.10 Å². The van der Waals surface area contributed by atoms with Gasteiger partial charge in [0.05, 0.1) is 19.1 Å². The van der Waals surface area contributed by atoms with Gasteiger partial charge >= 0.3 is 5.97 Å². The summed E-state index contributed by atoms with van der Waals surface area (Å²) in [6.07, 6.45) is 8.42. The van der Waals surface area contributed by atoms with Gasteiger partial charge in [0, 0.05) is 55.6 Å². The van der Waals surface area contributed by atoms with Crippen molar-refractivity contribution in [2.75, 3.05) is 24.6 Å². The number of ether oxygens (including phenoxy) is 1. The van der Waals surface area contributed by atoms with Crippen LogP contribution in [0.1, 0.15) is 68.6 Å². The molecule has 9 heteroatoms. The zero-order valence-corrected chi connectivity index (χ0v) is 25.4. The van der Waals surface area contributed by atoms with Crippen LogP contribution in [0.4, 0.5) is 10.1 Å². The highest BCUT2D eigenvalue weighted by Crippen LogP contribution is 2.41. The zero-order valence-electron chi connectivity index (χ0n) is 25.4. The molecule has 43 heavy (non-hydrogen) atoms. The molecule has 8 nitrogen and oxygen atoms in total. The van der Waals surface area contributed by atoms with Gasteiger partial charge in [0.15, 0.2) is 0 Å². The van der Waals surface area contributed by atoms with Crippen LogP contribution >= 0.6 is 0 Å². The number of aromatic nitrogens is 2. The number of hydrogen-bond donors (Lipinski definition) is 1. The monoisotopic (exact) mass is 590 g/mol. The predicted molar refractivity (Wildman–Crippen MR) is 164 cm³/mol. The molecule has 2 aromatic carbocycles. The quantitative estimate of drug-likeness (QED) is 0.270. The predicted octanol–water partition coefficient (Wildman–Crippen LogP) is 5.83. The lowest BCUT2D eigenvalue weighted by Crippen LogP contribution is -2.48. The molecule has 1 unspecified atom stereocenters. The highest BCUT2D eigenvalue weighted by Gasteiger charge is 2.47. The van der Waals surface area contributed by atoms with Crippen LogP contribution in [0.3, 0.4) is 0 Å². The third-order valence-electron chi connectivity index (χ3n) is 9.02. The Kier molecular flexibility index (Phi) is 9.80. The number of halogens is 1. The second-order valence-corrected chi connectivity index (χ2v) is 11.9. The number of carbonyl (C=O) groups is 2. The van der Waals surface area contributed by atoms with Gasteiger partial charge in [-0.3, -0.25) is 19.2 Å². The molecule has 3 aromatic rings. The lowest BCUT2D eigenvalue weighted by Gasteiger charge is -2.35. The molecule has 3 heterocycles. The number of likely N-dealkylation sites (tertiary alicyclic amines) is 1. The maximum atomic E-state index is 14.3. The van der Waals surface area contributed by atoms with Crippen LogP contribution in [0.5, 0.6) is 5.75 Å². The summed E-state index contributed by atoms with van der Waals surface area (Å²) in [6, 6.07) is 12.3. The van der Waals surface area contributed by atoms with Crippen molar-refractivity contribution in [2.24, 2.45) is 5.92 Å². The van der Waals surface area contributed by atoms with E-state index >= 15 is 0 Å². The Balaban J connectivity index is 1.48. The summed E-state index contributed by atoms with van der Waals surface area (Å²) in [6.45, 7) is 7.65. The average Bonchev–Trinajstić information content (AvgIpc) is 3.74. The van der Waals surface area contributed by atoms with Crippen molar-refractivity contribution in [3.63, 3.8) is 0 Å². The second-order valence-electron chi connectivity index (χ2n) is 11.9. The fourth-order valence-corrected chi connectivity index (χ4v) is 6.98. The van der Waals surface area contributed by atoms with E-state index in [2.05, 4.69) is 29.9 Å². The maximum Gasteiger partial charge on any atom is 0.308 e. The molecular weight excluding hydrogens is 547 g/mol. The minimum absolute atomic E-state index is 0.0275. The molecule has 2 aliphatic rings. The van der Waals surface area contributed by atoms with Crippen molar-refractivity contribution in [3.05, 3.63) is 77.4 Å². The van der Waals surface area contributed by atoms with E-state index in [1.165, 1.54) is 6.07 Å². The number of carboxylic acid groups (broad SMARTS) is 1. The number of fused-ring (bicyclic) bond motifs is 1. The van der Waals surface area contributed by atoms with Crippen LogP contribution in [0.15, 0.2) is 54.9 Å². The van der Waals surface area contributed by atoms with Gasteiger partial charge in [-0.25, -0.2) is 4.39 Å². The molecule has 3 atom stereocenters. The Morgan fingerprint density at radius 1 is 1.16 bits per heavy atom. The fraction of sp³-hybridized carbons (Fsp3) is 0.500.